The molecule has 5 N–H and O–H groups in total. The summed E-state index contributed by atoms with van der Waals surface area (Å²) in [6.07, 6.45) is -4.00. The lowest BCUT2D eigenvalue weighted by Crippen LogP contribution is -2.65. The Hall–Kier alpha value is -1.00. The van der Waals surface area contributed by atoms with Crippen molar-refractivity contribution < 1.29 is 39.5 Å². The summed E-state index contributed by atoms with van der Waals surface area (Å²) in [6, 6.07) is 5.67. The van der Waals surface area contributed by atoms with E-state index in [0.717, 1.165) is 34.7 Å². The summed E-state index contributed by atoms with van der Waals surface area (Å²) < 4.78 is 12.0. The zero-order valence-corrected chi connectivity index (χ0v) is 24.9. The number of carbonyl (C=O) groups is 2. The van der Waals surface area contributed by atoms with Crippen LogP contribution in [0.5, 0.6) is 0 Å². The van der Waals surface area contributed by atoms with E-state index in [0.29, 0.717) is 17.9 Å². The molecule has 0 aromatic heterocycles. The molecule has 10 nitrogen and oxygen atoms in total. The molecule has 0 spiro atoms. The van der Waals surface area contributed by atoms with Crippen molar-refractivity contribution in [2.45, 2.75) is 81.1 Å². The van der Waals surface area contributed by atoms with Gasteiger partial charge in [-0.25, -0.2) is 4.79 Å². The Kier molecular flexibility index (Phi) is 12.1. The largest absolute Gasteiger partial charge is 0.461 e. The topological polar surface area (TPSA) is 149 Å². The lowest BCUT2D eigenvalue weighted by Gasteiger charge is -2.44. The van der Waals surface area contributed by atoms with Crippen LogP contribution in [0.15, 0.2) is 24.3 Å². The third kappa shape index (κ3) is 7.80. The second-order valence-corrected chi connectivity index (χ2v) is 12.4. The first-order chi connectivity index (χ1) is 18.0. The number of benzene rings is 1. The Morgan fingerprint density at radius 1 is 1.24 bits per heavy atom. The SMILES string of the molecule is CCC[C@@H]1C[C@@H](C(=O)N[C@@H]([C@H]2O[C@H](SCCOC(=O)c3ccccc3I)[C@H](O)[C@@H](O)[C@H]2O)[C@@H](C)O)N(C)C1. The van der Waals surface area contributed by atoms with Gasteiger partial charge in [-0.05, 0) is 67.5 Å². The first-order valence-corrected chi connectivity index (χ1v) is 15.1. The number of amides is 1. The van der Waals surface area contributed by atoms with Gasteiger partial charge in [-0.1, -0.05) is 25.5 Å². The highest BCUT2D eigenvalue weighted by molar-refractivity contribution is 14.1. The van der Waals surface area contributed by atoms with Gasteiger partial charge in [0.2, 0.25) is 5.91 Å². The van der Waals surface area contributed by atoms with Gasteiger partial charge in [0.05, 0.1) is 23.8 Å². The molecule has 1 amide bonds. The van der Waals surface area contributed by atoms with E-state index in [1.54, 1.807) is 18.2 Å². The predicted octanol–water partition coefficient (Wildman–Crippen LogP) is 0.975. The summed E-state index contributed by atoms with van der Waals surface area (Å²) in [4.78, 5) is 27.5. The summed E-state index contributed by atoms with van der Waals surface area (Å²) in [7, 11) is 1.89. The third-order valence-electron chi connectivity index (χ3n) is 7.12. The molecule has 2 saturated heterocycles. The lowest BCUT2D eigenvalue weighted by molar-refractivity contribution is -0.211. The van der Waals surface area contributed by atoms with Crippen LogP contribution < -0.4 is 5.32 Å². The van der Waals surface area contributed by atoms with E-state index < -0.39 is 48.0 Å². The van der Waals surface area contributed by atoms with Crippen molar-refractivity contribution >= 4 is 46.2 Å². The third-order valence-corrected chi connectivity index (χ3v) is 9.18. The number of carbonyl (C=O) groups excluding carboxylic acids is 2. The number of aliphatic hydroxyl groups is 4. The molecule has 9 atom stereocenters. The number of esters is 1. The smallest absolute Gasteiger partial charge is 0.339 e. The fraction of sp³-hybridized carbons (Fsp3) is 0.692. The van der Waals surface area contributed by atoms with Crippen molar-refractivity contribution in [1.82, 2.24) is 10.2 Å². The number of halogens is 1. The quantitative estimate of drug-likeness (QED) is 0.132. The predicted molar refractivity (Wildman–Crippen MR) is 152 cm³/mol. The Labute approximate surface area is 241 Å². The van der Waals surface area contributed by atoms with Gasteiger partial charge in [0.1, 0.15) is 36.5 Å². The molecule has 2 heterocycles. The number of nitrogens with one attached hydrogen (secondary N) is 1. The molecule has 2 aliphatic heterocycles. The van der Waals surface area contributed by atoms with E-state index in [1.807, 2.05) is 18.0 Å². The van der Waals surface area contributed by atoms with Crippen molar-refractivity contribution in [3.63, 3.8) is 0 Å². The first kappa shape index (κ1) is 31.5. The number of nitrogens with zero attached hydrogens (tertiary/aromatic N) is 1. The molecule has 38 heavy (non-hydrogen) atoms. The summed E-state index contributed by atoms with van der Waals surface area (Å²) in [5, 5.41) is 45.1. The first-order valence-electron chi connectivity index (χ1n) is 13.0. The minimum atomic E-state index is -1.55. The second-order valence-electron chi connectivity index (χ2n) is 10.0. The Morgan fingerprint density at radius 3 is 2.61 bits per heavy atom. The monoisotopic (exact) mass is 666 g/mol. The van der Waals surface area contributed by atoms with Gasteiger partial charge in [-0.3, -0.25) is 9.69 Å². The average Bonchev–Trinajstić information content (AvgIpc) is 3.25. The van der Waals surface area contributed by atoms with E-state index in [1.165, 1.54) is 6.92 Å². The van der Waals surface area contributed by atoms with Gasteiger partial charge in [0.15, 0.2) is 0 Å². The average molecular weight is 667 g/mol. The highest BCUT2D eigenvalue weighted by Crippen LogP contribution is 2.31. The van der Waals surface area contributed by atoms with Gasteiger partial charge in [-0.15, -0.1) is 11.8 Å². The summed E-state index contributed by atoms with van der Waals surface area (Å²) in [6.45, 7) is 4.43. The fourth-order valence-electron chi connectivity index (χ4n) is 5.08. The maximum Gasteiger partial charge on any atom is 0.339 e. The van der Waals surface area contributed by atoms with Gasteiger partial charge in [0, 0.05) is 15.9 Å². The van der Waals surface area contributed by atoms with Crippen LogP contribution >= 0.6 is 34.4 Å². The fourth-order valence-corrected chi connectivity index (χ4v) is 6.66. The molecule has 0 radical (unpaired) electrons. The molecular weight excluding hydrogens is 627 g/mol. The van der Waals surface area contributed by atoms with Crippen molar-refractivity contribution in [3.8, 4) is 0 Å². The van der Waals surface area contributed by atoms with Crippen LogP contribution in [0.2, 0.25) is 0 Å². The second kappa shape index (κ2) is 14.6. The number of rotatable bonds is 11. The van der Waals surface area contributed by atoms with Crippen LogP contribution in [0.4, 0.5) is 0 Å². The number of likely N-dealkylation sites (N-methyl/N-ethyl adjacent to an activating group) is 1. The molecule has 0 saturated carbocycles. The van der Waals surface area contributed by atoms with E-state index >= 15 is 0 Å². The van der Waals surface area contributed by atoms with Gasteiger partial charge >= 0.3 is 5.97 Å². The van der Waals surface area contributed by atoms with Crippen molar-refractivity contribution in [2.75, 3.05) is 26.0 Å². The van der Waals surface area contributed by atoms with Crippen LogP contribution in [0.25, 0.3) is 0 Å². The highest BCUT2D eigenvalue weighted by atomic mass is 127. The Morgan fingerprint density at radius 2 is 1.95 bits per heavy atom. The number of hydrogen-bond acceptors (Lipinski definition) is 10. The van der Waals surface area contributed by atoms with Gasteiger partial charge in [0.25, 0.3) is 0 Å². The van der Waals surface area contributed by atoms with E-state index in [-0.39, 0.29) is 24.3 Å². The zero-order chi connectivity index (χ0) is 28.0. The molecule has 1 aromatic rings. The molecule has 214 valence electrons. The number of likely N-dealkylation sites (tertiary alicyclic amines) is 1. The number of ether oxygens (including phenoxy) is 2. The van der Waals surface area contributed by atoms with Crippen LogP contribution in [0, 0.1) is 9.49 Å². The molecular formula is C26H39IN2O8S. The maximum atomic E-state index is 13.1. The normalized spacial score (nSPS) is 31.5. The van der Waals surface area contributed by atoms with Crippen molar-refractivity contribution in [2.24, 2.45) is 5.92 Å². The number of thioether (sulfide) groups is 1. The van der Waals surface area contributed by atoms with E-state index in [2.05, 4.69) is 34.8 Å². The van der Waals surface area contributed by atoms with E-state index in [9.17, 15) is 30.0 Å². The van der Waals surface area contributed by atoms with Crippen molar-refractivity contribution in [1.29, 1.82) is 0 Å². The summed E-state index contributed by atoms with van der Waals surface area (Å²) in [5.74, 6) is -0.0763. The standard InChI is InChI=1S/C26H39IN2O8S/c1-4-7-15-12-18(29(3)13-15)24(34)28-19(14(2)30)23-21(32)20(31)22(33)26(37-23)38-11-10-36-25(35)16-8-5-6-9-17(16)27/h5-6,8-9,14-15,18-23,26,30-33H,4,7,10-13H2,1-3H3,(H,28,34)/t14-,15-,18+,19-,20+,21-,22-,23-,26-/m1/s1. The van der Waals surface area contributed by atoms with E-state index in [4.69, 9.17) is 9.47 Å². The Bertz CT molecular complexity index is 940. The zero-order valence-electron chi connectivity index (χ0n) is 21.9. The molecule has 2 fully saturated rings. The Balaban J connectivity index is 1.60. The molecule has 0 unspecified atom stereocenters. The number of hydrogen-bond donors (Lipinski definition) is 5. The van der Waals surface area contributed by atoms with Crippen LogP contribution in [0.3, 0.4) is 0 Å². The van der Waals surface area contributed by atoms with Crippen LogP contribution in [0.1, 0.15) is 43.5 Å². The minimum absolute atomic E-state index is 0.0356. The molecule has 3 rings (SSSR count). The highest BCUT2D eigenvalue weighted by Gasteiger charge is 2.48. The summed E-state index contributed by atoms with van der Waals surface area (Å²) >= 11 is 3.17. The maximum absolute atomic E-state index is 13.1. The lowest BCUT2D eigenvalue weighted by atomic mass is 9.92. The van der Waals surface area contributed by atoms with Crippen molar-refractivity contribution in [3.05, 3.63) is 33.4 Å². The molecule has 2 aliphatic rings. The minimum Gasteiger partial charge on any atom is -0.461 e. The number of aliphatic hydroxyl groups excluding tert-OH is 4. The molecule has 12 heteroatoms. The van der Waals surface area contributed by atoms with Crippen LogP contribution in [-0.2, 0) is 14.3 Å². The molecule has 0 aliphatic carbocycles. The summed E-state index contributed by atoms with van der Waals surface area (Å²) in [5.41, 5.74) is -0.523. The van der Waals surface area contributed by atoms with Crippen LogP contribution in [-0.4, -0.2) is 111 Å². The van der Waals surface area contributed by atoms with Gasteiger partial charge < -0.3 is 35.2 Å². The van der Waals surface area contributed by atoms with Gasteiger partial charge in [-0.2, -0.15) is 0 Å². The molecule has 0 bridgehead atoms. The molecule has 1 aromatic carbocycles.